The van der Waals surface area contributed by atoms with Gasteiger partial charge in [0.1, 0.15) is 5.82 Å². The van der Waals surface area contributed by atoms with Gasteiger partial charge in [-0.3, -0.25) is 0 Å². The van der Waals surface area contributed by atoms with Gasteiger partial charge in [-0.2, -0.15) is 11.8 Å². The first-order chi connectivity index (χ1) is 7.72. The lowest BCUT2D eigenvalue weighted by Crippen LogP contribution is -2.38. The zero-order valence-electron chi connectivity index (χ0n) is 9.74. The highest BCUT2D eigenvalue weighted by Gasteiger charge is 2.21. The molecule has 2 heterocycles. The SMILES string of the molecule is CCC1CN(c2nccc(C)c2Br)CCS1. The average molecular weight is 301 g/mol. The van der Waals surface area contributed by atoms with Gasteiger partial charge in [0.25, 0.3) is 0 Å². The van der Waals surface area contributed by atoms with Gasteiger partial charge in [0.05, 0.1) is 4.47 Å². The van der Waals surface area contributed by atoms with Crippen molar-refractivity contribution in [2.75, 3.05) is 23.7 Å². The molecule has 4 heteroatoms. The molecule has 1 unspecified atom stereocenters. The van der Waals surface area contributed by atoms with E-state index in [4.69, 9.17) is 0 Å². The van der Waals surface area contributed by atoms with Crippen LogP contribution < -0.4 is 4.90 Å². The topological polar surface area (TPSA) is 16.1 Å². The summed E-state index contributed by atoms with van der Waals surface area (Å²) in [6.45, 7) is 6.61. The van der Waals surface area contributed by atoms with E-state index in [1.54, 1.807) is 0 Å². The standard InChI is InChI=1S/C12H17BrN2S/c1-3-10-8-15(6-7-16-10)12-11(13)9(2)4-5-14-12/h4-5,10H,3,6-8H2,1-2H3. The molecule has 88 valence electrons. The second kappa shape index (κ2) is 5.41. The van der Waals surface area contributed by atoms with Crippen molar-refractivity contribution in [2.45, 2.75) is 25.5 Å². The van der Waals surface area contributed by atoms with Crippen LogP contribution in [0.25, 0.3) is 0 Å². The summed E-state index contributed by atoms with van der Waals surface area (Å²) in [5.41, 5.74) is 1.26. The van der Waals surface area contributed by atoms with Crippen molar-refractivity contribution in [3.05, 3.63) is 22.3 Å². The second-order valence-electron chi connectivity index (χ2n) is 4.11. The fourth-order valence-corrected chi connectivity index (χ4v) is 3.57. The molecule has 0 radical (unpaired) electrons. The molecule has 2 nitrogen and oxygen atoms in total. The summed E-state index contributed by atoms with van der Waals surface area (Å²) in [6, 6.07) is 2.05. The molecular weight excluding hydrogens is 284 g/mol. The van der Waals surface area contributed by atoms with E-state index in [-0.39, 0.29) is 0 Å². The summed E-state index contributed by atoms with van der Waals surface area (Å²) in [4.78, 5) is 6.91. The predicted octanol–water partition coefficient (Wildman–Crippen LogP) is 3.48. The molecule has 0 aromatic carbocycles. The maximum Gasteiger partial charge on any atom is 0.143 e. The molecule has 2 rings (SSSR count). The molecule has 1 atom stereocenters. The zero-order chi connectivity index (χ0) is 11.5. The van der Waals surface area contributed by atoms with Crippen LogP contribution in [0.1, 0.15) is 18.9 Å². The Labute approximate surface area is 110 Å². The Morgan fingerprint density at radius 1 is 1.62 bits per heavy atom. The van der Waals surface area contributed by atoms with E-state index in [0.717, 1.165) is 28.6 Å². The summed E-state index contributed by atoms with van der Waals surface area (Å²) in [7, 11) is 0. The van der Waals surface area contributed by atoms with Crippen LogP contribution in [0, 0.1) is 6.92 Å². The Kier molecular flexibility index (Phi) is 4.14. The van der Waals surface area contributed by atoms with Crippen LogP contribution in [-0.2, 0) is 0 Å². The number of aromatic nitrogens is 1. The van der Waals surface area contributed by atoms with E-state index in [9.17, 15) is 0 Å². The number of aryl methyl sites for hydroxylation is 1. The van der Waals surface area contributed by atoms with Gasteiger partial charge in [0.2, 0.25) is 0 Å². The Balaban J connectivity index is 2.20. The minimum Gasteiger partial charge on any atom is -0.354 e. The summed E-state index contributed by atoms with van der Waals surface area (Å²) in [6.07, 6.45) is 3.14. The molecule has 0 spiro atoms. The van der Waals surface area contributed by atoms with Crippen LogP contribution in [0.4, 0.5) is 5.82 Å². The van der Waals surface area contributed by atoms with Crippen LogP contribution in [0.5, 0.6) is 0 Å². The van der Waals surface area contributed by atoms with Crippen molar-refractivity contribution < 1.29 is 0 Å². The summed E-state index contributed by atoms with van der Waals surface area (Å²) < 4.78 is 1.15. The Bertz CT molecular complexity index is 370. The van der Waals surface area contributed by atoms with Crippen molar-refractivity contribution >= 4 is 33.5 Å². The number of thioether (sulfide) groups is 1. The number of hydrogen-bond donors (Lipinski definition) is 0. The second-order valence-corrected chi connectivity index (χ2v) is 6.31. The van der Waals surface area contributed by atoms with Gasteiger partial charge in [-0.15, -0.1) is 0 Å². The molecule has 0 aliphatic carbocycles. The molecule has 1 aliphatic heterocycles. The van der Waals surface area contributed by atoms with Crippen LogP contribution in [0.15, 0.2) is 16.7 Å². The van der Waals surface area contributed by atoms with Crippen molar-refractivity contribution in [3.63, 3.8) is 0 Å². The van der Waals surface area contributed by atoms with Gasteiger partial charge in [-0.05, 0) is 40.9 Å². The molecular formula is C12H17BrN2S. The third-order valence-electron chi connectivity index (χ3n) is 2.96. The predicted molar refractivity (Wildman–Crippen MR) is 75.4 cm³/mol. The molecule has 1 fully saturated rings. The van der Waals surface area contributed by atoms with E-state index in [0.29, 0.717) is 0 Å². The Morgan fingerprint density at radius 3 is 3.19 bits per heavy atom. The van der Waals surface area contributed by atoms with Crippen molar-refractivity contribution in [1.82, 2.24) is 4.98 Å². The lowest BCUT2D eigenvalue weighted by molar-refractivity contribution is 0.718. The molecule has 0 bridgehead atoms. The molecule has 0 N–H and O–H groups in total. The summed E-state index contributed by atoms with van der Waals surface area (Å²) >= 11 is 5.73. The van der Waals surface area contributed by atoms with E-state index in [2.05, 4.69) is 51.4 Å². The van der Waals surface area contributed by atoms with Gasteiger partial charge in [-0.25, -0.2) is 4.98 Å². The van der Waals surface area contributed by atoms with Gasteiger partial charge in [-0.1, -0.05) is 6.92 Å². The van der Waals surface area contributed by atoms with E-state index >= 15 is 0 Å². The van der Waals surface area contributed by atoms with Crippen LogP contribution in [0.2, 0.25) is 0 Å². The van der Waals surface area contributed by atoms with Crippen molar-refractivity contribution in [2.24, 2.45) is 0 Å². The third kappa shape index (κ3) is 2.54. The van der Waals surface area contributed by atoms with Crippen LogP contribution in [-0.4, -0.2) is 29.1 Å². The maximum absolute atomic E-state index is 4.50. The molecule has 16 heavy (non-hydrogen) atoms. The molecule has 1 saturated heterocycles. The average Bonchev–Trinajstić information content (AvgIpc) is 2.33. The molecule has 1 aliphatic rings. The van der Waals surface area contributed by atoms with E-state index in [1.807, 2.05) is 12.3 Å². The number of nitrogens with zero attached hydrogens (tertiary/aromatic N) is 2. The molecule has 0 saturated carbocycles. The minimum atomic E-state index is 0.753. The summed E-state index contributed by atoms with van der Waals surface area (Å²) in [5, 5.41) is 0.753. The fourth-order valence-electron chi connectivity index (χ4n) is 1.91. The maximum atomic E-state index is 4.50. The zero-order valence-corrected chi connectivity index (χ0v) is 12.1. The van der Waals surface area contributed by atoms with Gasteiger partial charge in [0.15, 0.2) is 0 Å². The largest absolute Gasteiger partial charge is 0.354 e. The quantitative estimate of drug-likeness (QED) is 0.832. The van der Waals surface area contributed by atoms with Gasteiger partial charge < -0.3 is 4.90 Å². The monoisotopic (exact) mass is 300 g/mol. The molecule has 1 aromatic rings. The first kappa shape index (κ1) is 12.2. The van der Waals surface area contributed by atoms with Crippen molar-refractivity contribution in [1.29, 1.82) is 0 Å². The van der Waals surface area contributed by atoms with Gasteiger partial charge in [0, 0.05) is 30.3 Å². The smallest absolute Gasteiger partial charge is 0.143 e. The number of hydrogen-bond acceptors (Lipinski definition) is 3. The minimum absolute atomic E-state index is 0.753. The first-order valence-electron chi connectivity index (χ1n) is 5.70. The van der Waals surface area contributed by atoms with Crippen molar-refractivity contribution in [3.8, 4) is 0 Å². The number of anilines is 1. The molecule has 0 amide bonds. The van der Waals surface area contributed by atoms with Crippen LogP contribution in [0.3, 0.4) is 0 Å². The van der Waals surface area contributed by atoms with Gasteiger partial charge >= 0.3 is 0 Å². The summed E-state index contributed by atoms with van der Waals surface area (Å²) in [5.74, 6) is 2.32. The van der Waals surface area contributed by atoms with E-state index in [1.165, 1.54) is 17.7 Å². The highest BCUT2D eigenvalue weighted by molar-refractivity contribution is 9.10. The highest BCUT2D eigenvalue weighted by Crippen LogP contribution is 2.31. The first-order valence-corrected chi connectivity index (χ1v) is 7.54. The molecule has 1 aromatic heterocycles. The number of pyridine rings is 1. The Hall–Kier alpha value is -0.220. The highest BCUT2D eigenvalue weighted by atomic mass is 79.9. The third-order valence-corrected chi connectivity index (χ3v) is 5.31. The number of halogens is 1. The normalized spacial score (nSPS) is 21.2. The van der Waals surface area contributed by atoms with E-state index < -0.39 is 0 Å². The lowest BCUT2D eigenvalue weighted by atomic mass is 10.2. The number of rotatable bonds is 2. The lowest BCUT2D eigenvalue weighted by Gasteiger charge is -2.33. The fraction of sp³-hybridized carbons (Fsp3) is 0.583. The van der Waals surface area contributed by atoms with Crippen LogP contribution >= 0.6 is 27.7 Å². The Morgan fingerprint density at radius 2 is 2.44 bits per heavy atom.